The Kier molecular flexibility index (Phi) is 5.03. The van der Waals surface area contributed by atoms with Crippen LogP contribution in [0.15, 0.2) is 46.4 Å². The van der Waals surface area contributed by atoms with Crippen molar-refractivity contribution in [2.24, 2.45) is 0 Å². The van der Waals surface area contributed by atoms with Gasteiger partial charge < -0.3 is 5.11 Å². The van der Waals surface area contributed by atoms with E-state index in [1.54, 1.807) is 12.3 Å². The zero-order chi connectivity index (χ0) is 17.2. The predicted octanol–water partition coefficient (Wildman–Crippen LogP) is 4.08. The summed E-state index contributed by atoms with van der Waals surface area (Å²) in [5.74, 6) is 0.256. The normalized spacial score (nSPS) is 16.5. The Morgan fingerprint density at radius 3 is 2.48 bits per heavy atom. The molecule has 1 aliphatic rings. The van der Waals surface area contributed by atoms with E-state index >= 15 is 0 Å². The molecular weight excluding hydrogens is 398 g/mol. The molecule has 25 heavy (non-hydrogen) atoms. The third kappa shape index (κ3) is 3.87. The molecule has 0 unspecified atom stereocenters. The first-order valence-corrected chi connectivity index (χ1v) is 10.0. The van der Waals surface area contributed by atoms with Crippen LogP contribution < -0.4 is 0 Å². The van der Waals surface area contributed by atoms with Crippen LogP contribution in [0.2, 0.25) is 0 Å². The largest absolute Gasteiger partial charge is 0.506 e. The van der Waals surface area contributed by atoms with Gasteiger partial charge in [0.1, 0.15) is 11.3 Å². The third-order valence-electron chi connectivity index (χ3n) is 4.71. The predicted molar refractivity (Wildman–Crippen MR) is 106 cm³/mol. The first kappa shape index (κ1) is 17.0. The third-order valence-corrected chi connectivity index (χ3v) is 6.31. The number of rotatable bonds is 4. The number of fused-ring (bicyclic) bond motifs is 1. The van der Waals surface area contributed by atoms with Crippen LogP contribution in [0, 0.1) is 0 Å². The molecule has 0 bridgehead atoms. The number of phenolic OH excluding ortho intramolecular Hbond substituents is 1. The van der Waals surface area contributed by atoms with E-state index < -0.39 is 0 Å². The van der Waals surface area contributed by atoms with E-state index in [1.165, 1.54) is 14.2 Å². The second kappa shape index (κ2) is 7.41. The standard InChI is InChI=1S/C19H20BrN3OS/c20-18-6-4-15(25-18)13-23-10-8-22(9-11-23)12-14-3-5-17(24)19-16(14)2-1-7-21-19/h1-7,24H,8-13H2. The van der Waals surface area contributed by atoms with Gasteiger partial charge in [0.15, 0.2) is 0 Å². The molecule has 6 heteroatoms. The van der Waals surface area contributed by atoms with Crippen LogP contribution in [-0.2, 0) is 13.1 Å². The molecule has 1 fully saturated rings. The van der Waals surface area contributed by atoms with Crippen LogP contribution in [0.25, 0.3) is 10.9 Å². The summed E-state index contributed by atoms with van der Waals surface area (Å²) < 4.78 is 1.20. The molecule has 2 aromatic heterocycles. The summed E-state index contributed by atoms with van der Waals surface area (Å²) in [6, 6.07) is 12.1. The fourth-order valence-electron chi connectivity index (χ4n) is 3.36. The van der Waals surface area contributed by atoms with E-state index in [0.717, 1.165) is 44.7 Å². The lowest BCUT2D eigenvalue weighted by Crippen LogP contribution is -2.45. The van der Waals surface area contributed by atoms with Crippen LogP contribution >= 0.6 is 27.3 Å². The lowest BCUT2D eigenvalue weighted by Gasteiger charge is -2.34. The van der Waals surface area contributed by atoms with Crippen molar-refractivity contribution in [1.29, 1.82) is 0 Å². The molecule has 0 radical (unpaired) electrons. The number of pyridine rings is 1. The number of aromatic hydroxyl groups is 1. The van der Waals surface area contributed by atoms with Crippen LogP contribution in [0.4, 0.5) is 0 Å². The number of phenols is 1. The van der Waals surface area contributed by atoms with Crippen LogP contribution in [0.3, 0.4) is 0 Å². The monoisotopic (exact) mass is 417 g/mol. The SMILES string of the molecule is Oc1ccc(CN2CCN(Cc3ccc(Br)s3)CC2)c2cccnc12. The zero-order valence-corrected chi connectivity index (χ0v) is 16.3. The minimum Gasteiger partial charge on any atom is -0.506 e. The Labute approximate surface area is 159 Å². The quantitative estimate of drug-likeness (QED) is 0.693. The topological polar surface area (TPSA) is 39.6 Å². The summed E-state index contributed by atoms with van der Waals surface area (Å²) in [5.41, 5.74) is 1.93. The highest BCUT2D eigenvalue weighted by molar-refractivity contribution is 9.11. The number of thiophene rings is 1. The summed E-state index contributed by atoms with van der Waals surface area (Å²) in [7, 11) is 0. The molecule has 4 rings (SSSR count). The Hall–Kier alpha value is -1.47. The van der Waals surface area contributed by atoms with Gasteiger partial charge in [0, 0.05) is 55.7 Å². The number of hydrogen-bond donors (Lipinski definition) is 1. The number of nitrogens with zero attached hydrogens (tertiary/aromatic N) is 3. The maximum atomic E-state index is 9.99. The van der Waals surface area contributed by atoms with Crippen LogP contribution in [0.5, 0.6) is 5.75 Å². The summed E-state index contributed by atoms with van der Waals surface area (Å²) in [6.45, 7) is 6.24. The van der Waals surface area contributed by atoms with Crippen molar-refractivity contribution < 1.29 is 5.11 Å². The average molecular weight is 418 g/mol. The van der Waals surface area contributed by atoms with Crippen molar-refractivity contribution in [2.45, 2.75) is 13.1 Å². The van der Waals surface area contributed by atoms with Crippen molar-refractivity contribution in [3.05, 3.63) is 56.8 Å². The highest BCUT2D eigenvalue weighted by Gasteiger charge is 2.18. The first-order valence-electron chi connectivity index (χ1n) is 8.43. The Bertz CT molecular complexity index is 874. The Morgan fingerprint density at radius 1 is 1.00 bits per heavy atom. The minimum atomic E-state index is 0.256. The molecule has 0 saturated carbocycles. The average Bonchev–Trinajstić information content (AvgIpc) is 3.04. The van der Waals surface area contributed by atoms with E-state index in [0.29, 0.717) is 5.52 Å². The number of benzene rings is 1. The molecular formula is C19H20BrN3OS. The second-order valence-corrected chi connectivity index (χ2v) is 8.95. The molecule has 0 spiro atoms. The molecule has 0 atom stereocenters. The van der Waals surface area contributed by atoms with Gasteiger partial charge in [0.2, 0.25) is 0 Å². The van der Waals surface area contributed by atoms with Gasteiger partial charge in [-0.15, -0.1) is 11.3 Å². The molecule has 1 N–H and O–H groups in total. The molecule has 130 valence electrons. The van der Waals surface area contributed by atoms with Crippen molar-refractivity contribution in [1.82, 2.24) is 14.8 Å². The minimum absolute atomic E-state index is 0.256. The van der Waals surface area contributed by atoms with E-state index in [2.05, 4.69) is 42.8 Å². The van der Waals surface area contributed by atoms with Gasteiger partial charge in [-0.25, -0.2) is 0 Å². The van der Waals surface area contributed by atoms with Gasteiger partial charge in [-0.1, -0.05) is 12.1 Å². The fourth-order valence-corrected chi connectivity index (χ4v) is 4.88. The lowest BCUT2D eigenvalue weighted by atomic mass is 10.1. The number of aromatic nitrogens is 1. The van der Waals surface area contributed by atoms with E-state index in [1.807, 2.05) is 29.5 Å². The highest BCUT2D eigenvalue weighted by Crippen LogP contribution is 2.27. The van der Waals surface area contributed by atoms with Crippen molar-refractivity contribution in [3.8, 4) is 5.75 Å². The zero-order valence-electron chi connectivity index (χ0n) is 13.9. The highest BCUT2D eigenvalue weighted by atomic mass is 79.9. The van der Waals surface area contributed by atoms with Gasteiger partial charge in [-0.2, -0.15) is 0 Å². The molecule has 1 aliphatic heterocycles. The van der Waals surface area contributed by atoms with Crippen molar-refractivity contribution >= 4 is 38.2 Å². The first-order chi connectivity index (χ1) is 12.2. The maximum Gasteiger partial charge on any atom is 0.141 e. The summed E-state index contributed by atoms with van der Waals surface area (Å²) in [5, 5.41) is 11.0. The molecule has 3 heterocycles. The van der Waals surface area contributed by atoms with Crippen molar-refractivity contribution in [2.75, 3.05) is 26.2 Å². The Balaban J connectivity index is 1.40. The van der Waals surface area contributed by atoms with Crippen molar-refractivity contribution in [3.63, 3.8) is 0 Å². The molecule has 1 aromatic carbocycles. The van der Waals surface area contributed by atoms with Crippen LogP contribution in [-0.4, -0.2) is 46.1 Å². The number of halogens is 1. The van der Waals surface area contributed by atoms with E-state index in [4.69, 9.17) is 0 Å². The smallest absolute Gasteiger partial charge is 0.141 e. The molecule has 0 amide bonds. The van der Waals surface area contributed by atoms with E-state index in [-0.39, 0.29) is 5.75 Å². The second-order valence-electron chi connectivity index (χ2n) is 6.40. The summed E-state index contributed by atoms with van der Waals surface area (Å²) in [6.07, 6.45) is 1.73. The number of piperazine rings is 1. The van der Waals surface area contributed by atoms with Gasteiger partial charge >= 0.3 is 0 Å². The van der Waals surface area contributed by atoms with Gasteiger partial charge in [-0.3, -0.25) is 14.8 Å². The van der Waals surface area contributed by atoms with Crippen LogP contribution in [0.1, 0.15) is 10.4 Å². The summed E-state index contributed by atoms with van der Waals surface area (Å²) >= 11 is 5.36. The molecule has 4 nitrogen and oxygen atoms in total. The maximum absolute atomic E-state index is 9.99. The molecule has 1 saturated heterocycles. The van der Waals surface area contributed by atoms with Gasteiger partial charge in [0.25, 0.3) is 0 Å². The molecule has 3 aromatic rings. The van der Waals surface area contributed by atoms with Gasteiger partial charge in [0.05, 0.1) is 3.79 Å². The lowest BCUT2D eigenvalue weighted by molar-refractivity contribution is 0.123. The van der Waals surface area contributed by atoms with E-state index in [9.17, 15) is 5.11 Å². The Morgan fingerprint density at radius 2 is 1.76 bits per heavy atom. The van der Waals surface area contributed by atoms with Gasteiger partial charge in [-0.05, 0) is 45.8 Å². The number of hydrogen-bond acceptors (Lipinski definition) is 5. The molecule has 0 aliphatic carbocycles. The summed E-state index contributed by atoms with van der Waals surface area (Å²) in [4.78, 5) is 10.7. The fraction of sp³-hybridized carbons (Fsp3) is 0.316.